The third kappa shape index (κ3) is 3.52. The Morgan fingerprint density at radius 1 is 0.947 bits per heavy atom. The number of hydrogen-bond acceptors (Lipinski definition) is 0. The van der Waals surface area contributed by atoms with Crippen molar-refractivity contribution in [2.24, 2.45) is 0 Å². The van der Waals surface area contributed by atoms with E-state index in [1.807, 2.05) is 19.1 Å². The quantitative estimate of drug-likeness (QED) is 0.628. The molecule has 0 saturated heterocycles. The van der Waals surface area contributed by atoms with Crippen LogP contribution >= 0.6 is 23.2 Å². The van der Waals surface area contributed by atoms with E-state index in [1.54, 1.807) is 0 Å². The fraction of sp³-hybridized carbons (Fsp3) is 0.294. The summed E-state index contributed by atoms with van der Waals surface area (Å²) in [6.45, 7) is 6.23. The molecule has 0 aliphatic carbocycles. The van der Waals surface area contributed by atoms with Gasteiger partial charge in [0.1, 0.15) is 0 Å². The zero-order chi connectivity index (χ0) is 14.0. The summed E-state index contributed by atoms with van der Waals surface area (Å²) in [5.74, 6) is 0. The zero-order valence-electron chi connectivity index (χ0n) is 11.5. The summed E-state index contributed by atoms with van der Waals surface area (Å²) in [6.07, 6.45) is 0.828. The minimum Gasteiger partial charge on any atom is -0.117 e. The Kier molecular flexibility index (Phi) is 4.54. The molecule has 0 nitrogen and oxygen atoms in total. The highest BCUT2D eigenvalue weighted by molar-refractivity contribution is 6.31. The first-order chi connectivity index (χ1) is 8.97. The summed E-state index contributed by atoms with van der Waals surface area (Å²) < 4.78 is 0. The first-order valence-electron chi connectivity index (χ1n) is 6.43. The molecule has 0 aliphatic rings. The normalized spacial score (nSPS) is 12.5. The highest BCUT2D eigenvalue weighted by atomic mass is 35.5. The molecule has 0 amide bonds. The van der Waals surface area contributed by atoms with Crippen molar-refractivity contribution < 1.29 is 0 Å². The molecular weight excluding hydrogens is 275 g/mol. The van der Waals surface area contributed by atoms with Crippen molar-refractivity contribution in [1.29, 1.82) is 0 Å². The van der Waals surface area contributed by atoms with Crippen LogP contribution < -0.4 is 0 Å². The van der Waals surface area contributed by atoms with Crippen molar-refractivity contribution in [2.75, 3.05) is 0 Å². The van der Waals surface area contributed by atoms with Crippen LogP contribution in [0.1, 0.15) is 33.2 Å². The van der Waals surface area contributed by atoms with Crippen LogP contribution in [0.4, 0.5) is 0 Å². The number of benzene rings is 2. The number of hydrogen-bond donors (Lipinski definition) is 0. The molecule has 0 aromatic heterocycles. The lowest BCUT2D eigenvalue weighted by Gasteiger charge is -2.13. The number of rotatable bonds is 3. The molecule has 2 aromatic carbocycles. The van der Waals surface area contributed by atoms with E-state index < -0.39 is 0 Å². The van der Waals surface area contributed by atoms with E-state index in [0.29, 0.717) is 0 Å². The summed E-state index contributed by atoms with van der Waals surface area (Å²) in [5.41, 5.74) is 6.02. The molecule has 19 heavy (non-hydrogen) atoms. The number of aryl methyl sites for hydroxylation is 3. The van der Waals surface area contributed by atoms with Crippen LogP contribution in [-0.4, -0.2) is 0 Å². The molecule has 1 atom stereocenters. The van der Waals surface area contributed by atoms with Crippen LogP contribution in [0.3, 0.4) is 0 Å². The smallest absolute Gasteiger partial charge is 0.0626 e. The monoisotopic (exact) mass is 292 g/mol. The molecule has 0 aliphatic heterocycles. The predicted molar refractivity (Wildman–Crippen MR) is 84.4 cm³/mol. The van der Waals surface area contributed by atoms with Crippen LogP contribution in [0.2, 0.25) is 5.02 Å². The molecule has 0 spiro atoms. The molecule has 2 aromatic rings. The molecule has 0 saturated carbocycles. The van der Waals surface area contributed by atoms with Crippen molar-refractivity contribution in [3.8, 4) is 0 Å². The van der Waals surface area contributed by atoms with Crippen molar-refractivity contribution in [3.05, 3.63) is 69.2 Å². The molecule has 0 fully saturated rings. The minimum absolute atomic E-state index is 0.0430. The third-order valence-electron chi connectivity index (χ3n) is 3.46. The Morgan fingerprint density at radius 2 is 1.63 bits per heavy atom. The molecular formula is C17H18Cl2. The Bertz CT molecular complexity index is 588. The molecule has 2 rings (SSSR count). The second-order valence-corrected chi connectivity index (χ2v) is 6.04. The topological polar surface area (TPSA) is 0 Å². The fourth-order valence-electron chi connectivity index (χ4n) is 2.14. The van der Waals surface area contributed by atoms with Gasteiger partial charge in [0.05, 0.1) is 5.38 Å². The van der Waals surface area contributed by atoms with Crippen LogP contribution in [0.5, 0.6) is 0 Å². The largest absolute Gasteiger partial charge is 0.117 e. The molecule has 0 N–H and O–H groups in total. The van der Waals surface area contributed by atoms with E-state index in [4.69, 9.17) is 23.2 Å². The van der Waals surface area contributed by atoms with E-state index in [9.17, 15) is 0 Å². The summed E-state index contributed by atoms with van der Waals surface area (Å²) >= 11 is 12.7. The van der Waals surface area contributed by atoms with Crippen LogP contribution in [0.15, 0.2) is 36.4 Å². The second-order valence-electron chi connectivity index (χ2n) is 5.11. The molecule has 0 bridgehead atoms. The van der Waals surface area contributed by atoms with E-state index in [0.717, 1.165) is 22.6 Å². The van der Waals surface area contributed by atoms with Gasteiger partial charge in [-0.15, -0.1) is 11.6 Å². The second kappa shape index (κ2) is 5.98. The SMILES string of the molecule is Cc1ccc(C)c(CC(Cl)c2ccc(C)c(Cl)c2)c1. The summed E-state index contributed by atoms with van der Waals surface area (Å²) in [5, 5.41) is 0.739. The Morgan fingerprint density at radius 3 is 2.32 bits per heavy atom. The lowest BCUT2D eigenvalue weighted by atomic mass is 9.98. The molecule has 0 heterocycles. The van der Waals surface area contributed by atoms with Crippen molar-refractivity contribution >= 4 is 23.2 Å². The minimum atomic E-state index is -0.0430. The first-order valence-corrected chi connectivity index (χ1v) is 7.25. The fourth-order valence-corrected chi connectivity index (χ4v) is 2.63. The van der Waals surface area contributed by atoms with Gasteiger partial charge in [-0.2, -0.15) is 0 Å². The van der Waals surface area contributed by atoms with E-state index in [1.165, 1.54) is 16.7 Å². The van der Waals surface area contributed by atoms with Gasteiger partial charge < -0.3 is 0 Å². The molecule has 100 valence electrons. The highest BCUT2D eigenvalue weighted by Gasteiger charge is 2.12. The van der Waals surface area contributed by atoms with Gasteiger partial charge in [-0.3, -0.25) is 0 Å². The summed E-state index contributed by atoms with van der Waals surface area (Å²) in [7, 11) is 0. The van der Waals surface area contributed by atoms with Crippen LogP contribution in [0.25, 0.3) is 0 Å². The van der Waals surface area contributed by atoms with Gasteiger partial charge in [-0.1, -0.05) is 47.5 Å². The average Bonchev–Trinajstić information content (AvgIpc) is 2.37. The van der Waals surface area contributed by atoms with Gasteiger partial charge in [-0.05, 0) is 55.5 Å². The van der Waals surface area contributed by atoms with Crippen molar-refractivity contribution in [2.45, 2.75) is 32.6 Å². The van der Waals surface area contributed by atoms with Crippen molar-refractivity contribution in [1.82, 2.24) is 0 Å². The maximum absolute atomic E-state index is 6.53. The first kappa shape index (κ1) is 14.4. The van der Waals surface area contributed by atoms with E-state index >= 15 is 0 Å². The Labute approximate surface area is 125 Å². The Hall–Kier alpha value is -0.980. The van der Waals surface area contributed by atoms with E-state index in [-0.39, 0.29) is 5.38 Å². The zero-order valence-corrected chi connectivity index (χ0v) is 13.0. The van der Waals surface area contributed by atoms with Gasteiger partial charge in [0.15, 0.2) is 0 Å². The van der Waals surface area contributed by atoms with Crippen molar-refractivity contribution in [3.63, 3.8) is 0 Å². The number of halogens is 2. The van der Waals surface area contributed by atoms with Crippen LogP contribution in [-0.2, 0) is 6.42 Å². The van der Waals surface area contributed by atoms with Gasteiger partial charge in [0.2, 0.25) is 0 Å². The Balaban J connectivity index is 2.22. The van der Waals surface area contributed by atoms with Crippen LogP contribution in [0, 0.1) is 20.8 Å². The van der Waals surface area contributed by atoms with E-state index in [2.05, 4.69) is 38.1 Å². The molecule has 2 heteroatoms. The highest BCUT2D eigenvalue weighted by Crippen LogP contribution is 2.29. The van der Waals surface area contributed by atoms with Gasteiger partial charge in [0, 0.05) is 5.02 Å². The average molecular weight is 293 g/mol. The molecule has 0 radical (unpaired) electrons. The third-order valence-corrected chi connectivity index (χ3v) is 4.27. The standard InChI is InChI=1S/C17H18Cl2/c1-11-4-5-12(2)15(8-11)10-17(19)14-7-6-13(3)16(18)9-14/h4-9,17H,10H2,1-3H3. The summed E-state index contributed by atoms with van der Waals surface area (Å²) in [6, 6.07) is 12.5. The van der Waals surface area contributed by atoms with Gasteiger partial charge in [-0.25, -0.2) is 0 Å². The maximum atomic E-state index is 6.53. The van der Waals surface area contributed by atoms with Gasteiger partial charge in [0.25, 0.3) is 0 Å². The predicted octanol–water partition coefficient (Wildman–Crippen LogP) is 5.79. The lowest BCUT2D eigenvalue weighted by molar-refractivity contribution is 0.908. The molecule has 1 unspecified atom stereocenters. The number of alkyl halides is 1. The lowest BCUT2D eigenvalue weighted by Crippen LogP contribution is -1.99. The summed E-state index contributed by atoms with van der Waals surface area (Å²) in [4.78, 5) is 0. The maximum Gasteiger partial charge on any atom is 0.0626 e. The van der Waals surface area contributed by atoms with Gasteiger partial charge >= 0.3 is 0 Å².